The van der Waals surface area contributed by atoms with Crippen molar-refractivity contribution in [1.82, 2.24) is 10.6 Å². The van der Waals surface area contributed by atoms with E-state index in [4.69, 9.17) is 0 Å². The van der Waals surface area contributed by atoms with Crippen LogP contribution in [0.3, 0.4) is 0 Å². The second kappa shape index (κ2) is 5.39. The van der Waals surface area contributed by atoms with Gasteiger partial charge in [0.1, 0.15) is 0 Å². The highest BCUT2D eigenvalue weighted by atomic mass is 32.1. The van der Waals surface area contributed by atoms with Crippen LogP contribution >= 0.6 is 12.6 Å². The smallest absolute Gasteiger partial charge is 0.233 e. The maximum Gasteiger partial charge on any atom is 0.233 e. The van der Waals surface area contributed by atoms with E-state index >= 15 is 0 Å². The second-order valence-corrected chi connectivity index (χ2v) is 4.79. The largest absolute Gasteiger partial charge is 0.353 e. The molecule has 2 amide bonds. The summed E-state index contributed by atoms with van der Waals surface area (Å²) in [6.45, 7) is 4.41. The van der Waals surface area contributed by atoms with Gasteiger partial charge in [-0.15, -0.1) is 0 Å². The third-order valence-corrected chi connectivity index (χ3v) is 3.34. The molecule has 0 aromatic heterocycles. The Bertz CT molecular complexity index is 256. The van der Waals surface area contributed by atoms with E-state index < -0.39 is 0 Å². The van der Waals surface area contributed by atoms with Crippen molar-refractivity contribution in [2.75, 3.05) is 6.54 Å². The van der Waals surface area contributed by atoms with Crippen molar-refractivity contribution in [3.05, 3.63) is 0 Å². The highest BCUT2D eigenvalue weighted by Gasteiger charge is 2.23. The normalized spacial score (nSPS) is 22.7. The molecule has 0 spiro atoms. The molecule has 2 atom stereocenters. The molecule has 0 aromatic rings. The van der Waals surface area contributed by atoms with Crippen molar-refractivity contribution >= 4 is 24.4 Å². The molecule has 86 valence electrons. The van der Waals surface area contributed by atoms with Gasteiger partial charge in [-0.25, -0.2) is 0 Å². The third kappa shape index (κ3) is 3.74. The van der Waals surface area contributed by atoms with E-state index in [9.17, 15) is 9.59 Å². The van der Waals surface area contributed by atoms with Crippen LogP contribution in [0.25, 0.3) is 0 Å². The molecule has 0 bridgehead atoms. The van der Waals surface area contributed by atoms with Crippen LogP contribution in [0, 0.1) is 5.92 Å². The van der Waals surface area contributed by atoms with Gasteiger partial charge in [0.2, 0.25) is 11.8 Å². The summed E-state index contributed by atoms with van der Waals surface area (Å²) in [6, 6.07) is 0.0918. The van der Waals surface area contributed by atoms with Crippen LogP contribution in [0.15, 0.2) is 0 Å². The van der Waals surface area contributed by atoms with Crippen LogP contribution < -0.4 is 10.6 Å². The molecule has 1 fully saturated rings. The number of nitrogens with one attached hydrogen (secondary N) is 2. The number of rotatable bonds is 4. The first-order valence-electron chi connectivity index (χ1n) is 5.26. The monoisotopic (exact) mass is 230 g/mol. The Hall–Kier alpha value is -0.710. The van der Waals surface area contributed by atoms with Gasteiger partial charge >= 0.3 is 0 Å². The summed E-state index contributed by atoms with van der Waals surface area (Å²) in [7, 11) is 0. The number of hydrogen-bond acceptors (Lipinski definition) is 3. The molecule has 2 unspecified atom stereocenters. The fourth-order valence-electron chi connectivity index (χ4n) is 1.46. The van der Waals surface area contributed by atoms with Gasteiger partial charge in [0.25, 0.3) is 0 Å². The molecule has 5 heteroatoms. The number of carbonyl (C=O) groups excluding carboxylic acids is 2. The summed E-state index contributed by atoms with van der Waals surface area (Å²) in [6.07, 6.45) is 1.37. The molecule has 1 aliphatic rings. The Kier molecular flexibility index (Phi) is 4.45. The van der Waals surface area contributed by atoms with E-state index in [-0.39, 0.29) is 29.0 Å². The van der Waals surface area contributed by atoms with E-state index in [1.54, 1.807) is 0 Å². The quantitative estimate of drug-likeness (QED) is 0.610. The zero-order valence-corrected chi connectivity index (χ0v) is 10.0. The Morgan fingerprint density at radius 1 is 1.67 bits per heavy atom. The van der Waals surface area contributed by atoms with Crippen LogP contribution in [0.4, 0.5) is 0 Å². The van der Waals surface area contributed by atoms with Gasteiger partial charge in [0.05, 0.1) is 5.25 Å². The molecule has 1 aliphatic heterocycles. The van der Waals surface area contributed by atoms with Gasteiger partial charge in [-0.2, -0.15) is 12.6 Å². The van der Waals surface area contributed by atoms with Crippen LogP contribution in [-0.4, -0.2) is 29.7 Å². The molecule has 1 saturated heterocycles. The summed E-state index contributed by atoms with van der Waals surface area (Å²) in [5, 5.41) is 5.32. The Morgan fingerprint density at radius 3 is 2.80 bits per heavy atom. The Morgan fingerprint density at radius 2 is 2.33 bits per heavy atom. The van der Waals surface area contributed by atoms with E-state index in [1.807, 2.05) is 13.8 Å². The summed E-state index contributed by atoms with van der Waals surface area (Å²) >= 11 is 4.21. The van der Waals surface area contributed by atoms with E-state index in [2.05, 4.69) is 23.3 Å². The fraction of sp³-hybridized carbons (Fsp3) is 0.800. The molecule has 0 aromatic carbocycles. The molecule has 0 saturated carbocycles. The highest BCUT2D eigenvalue weighted by Crippen LogP contribution is 2.09. The molecular weight excluding hydrogens is 212 g/mol. The molecule has 4 nitrogen and oxygen atoms in total. The lowest BCUT2D eigenvalue weighted by molar-refractivity contribution is -0.122. The lowest BCUT2D eigenvalue weighted by atomic mass is 10.1. The predicted molar refractivity (Wildman–Crippen MR) is 61.8 cm³/mol. The average molecular weight is 230 g/mol. The van der Waals surface area contributed by atoms with Gasteiger partial charge in [-0.3, -0.25) is 9.59 Å². The lowest BCUT2D eigenvalue weighted by Crippen LogP contribution is -2.42. The number of amides is 2. The molecule has 1 heterocycles. The van der Waals surface area contributed by atoms with E-state index in [0.29, 0.717) is 13.0 Å². The van der Waals surface area contributed by atoms with Gasteiger partial charge in [-0.1, -0.05) is 13.8 Å². The lowest BCUT2D eigenvalue weighted by Gasteiger charge is -2.16. The zero-order chi connectivity index (χ0) is 11.4. The van der Waals surface area contributed by atoms with Crippen molar-refractivity contribution < 1.29 is 9.59 Å². The first kappa shape index (κ1) is 12.4. The number of carbonyl (C=O) groups is 2. The minimum absolute atomic E-state index is 0.0607. The van der Waals surface area contributed by atoms with Crippen molar-refractivity contribution in [3.8, 4) is 0 Å². The summed E-state index contributed by atoms with van der Waals surface area (Å²) in [5.74, 6) is 0.224. The highest BCUT2D eigenvalue weighted by molar-refractivity contribution is 7.81. The Balaban J connectivity index is 2.25. The minimum atomic E-state index is -0.276. The van der Waals surface area contributed by atoms with Crippen LogP contribution in [0.1, 0.15) is 26.7 Å². The van der Waals surface area contributed by atoms with Gasteiger partial charge in [-0.05, 0) is 12.3 Å². The van der Waals surface area contributed by atoms with Gasteiger partial charge < -0.3 is 10.6 Å². The SMILES string of the molecule is CC(C)C(S)C(=O)NCC1CCC(=O)N1. The van der Waals surface area contributed by atoms with Gasteiger partial charge in [0.15, 0.2) is 0 Å². The number of hydrogen-bond donors (Lipinski definition) is 3. The van der Waals surface area contributed by atoms with Crippen LogP contribution in [0.2, 0.25) is 0 Å². The van der Waals surface area contributed by atoms with Crippen LogP contribution in [0.5, 0.6) is 0 Å². The fourth-order valence-corrected chi connectivity index (χ4v) is 1.55. The molecule has 0 radical (unpaired) electrons. The molecular formula is C10H18N2O2S. The van der Waals surface area contributed by atoms with Crippen LogP contribution in [-0.2, 0) is 9.59 Å². The molecule has 1 rings (SSSR count). The maximum atomic E-state index is 11.5. The number of thiol groups is 1. The first-order valence-corrected chi connectivity index (χ1v) is 5.77. The summed E-state index contributed by atoms with van der Waals surface area (Å²) in [5.41, 5.74) is 0. The van der Waals surface area contributed by atoms with Crippen molar-refractivity contribution in [2.45, 2.75) is 38.0 Å². The molecule has 0 aliphatic carbocycles. The Labute approximate surface area is 95.6 Å². The van der Waals surface area contributed by atoms with Crippen molar-refractivity contribution in [1.29, 1.82) is 0 Å². The average Bonchev–Trinajstić information content (AvgIpc) is 2.59. The molecule has 15 heavy (non-hydrogen) atoms. The maximum absolute atomic E-state index is 11.5. The third-order valence-electron chi connectivity index (χ3n) is 2.51. The standard InChI is InChI=1S/C10H18N2O2S/c1-6(2)9(15)10(14)11-5-7-3-4-8(13)12-7/h6-7,9,15H,3-5H2,1-2H3,(H,11,14)(H,12,13). The van der Waals surface area contributed by atoms with Crippen molar-refractivity contribution in [2.24, 2.45) is 5.92 Å². The summed E-state index contributed by atoms with van der Waals surface area (Å²) in [4.78, 5) is 22.4. The van der Waals surface area contributed by atoms with E-state index in [0.717, 1.165) is 6.42 Å². The topological polar surface area (TPSA) is 58.2 Å². The minimum Gasteiger partial charge on any atom is -0.353 e. The summed E-state index contributed by atoms with van der Waals surface area (Å²) < 4.78 is 0. The molecule has 2 N–H and O–H groups in total. The first-order chi connectivity index (χ1) is 7.00. The van der Waals surface area contributed by atoms with Gasteiger partial charge in [0, 0.05) is 19.0 Å². The predicted octanol–water partition coefficient (Wildman–Crippen LogP) is 0.336. The zero-order valence-electron chi connectivity index (χ0n) is 9.12. The van der Waals surface area contributed by atoms with E-state index in [1.165, 1.54) is 0 Å². The van der Waals surface area contributed by atoms with Crippen molar-refractivity contribution in [3.63, 3.8) is 0 Å². The second-order valence-electron chi connectivity index (χ2n) is 4.24.